The Bertz CT molecular complexity index is 1990. The van der Waals surface area contributed by atoms with Crippen LogP contribution in [0, 0.1) is 18.3 Å². The van der Waals surface area contributed by atoms with E-state index in [0.717, 1.165) is 52.4 Å². The number of piperidine rings is 2. The highest BCUT2D eigenvalue weighted by atomic mass is 19.3. The number of imidazole rings is 1. The third-order valence-electron chi connectivity index (χ3n) is 12.6. The van der Waals surface area contributed by atoms with Gasteiger partial charge in [-0.25, -0.2) is 23.2 Å². The summed E-state index contributed by atoms with van der Waals surface area (Å²) < 4.78 is 44.5. The quantitative estimate of drug-likeness (QED) is 0.222. The molecule has 7 rings (SSSR count). The molecular formula is C43H59F2N9O4. The number of aromatic nitrogens is 3. The molecular weight excluding hydrogens is 745 g/mol. The Balaban J connectivity index is 0.978. The second-order valence-electron chi connectivity index (χ2n) is 17.5. The van der Waals surface area contributed by atoms with E-state index >= 15 is 8.78 Å². The van der Waals surface area contributed by atoms with Crippen LogP contribution in [-0.2, 0) is 22.4 Å². The van der Waals surface area contributed by atoms with Gasteiger partial charge in [0.2, 0.25) is 0 Å². The van der Waals surface area contributed by atoms with Crippen LogP contribution >= 0.6 is 0 Å². The predicted molar refractivity (Wildman–Crippen MR) is 219 cm³/mol. The van der Waals surface area contributed by atoms with Crippen LogP contribution in [0.4, 0.5) is 13.6 Å². The van der Waals surface area contributed by atoms with Crippen LogP contribution in [0.2, 0.25) is 0 Å². The molecule has 5 heterocycles. The molecule has 1 spiro atoms. The van der Waals surface area contributed by atoms with Gasteiger partial charge in [-0.05, 0) is 103 Å². The highest BCUT2D eigenvalue weighted by Crippen LogP contribution is 2.51. The summed E-state index contributed by atoms with van der Waals surface area (Å²) in [6, 6.07) is 9.97. The van der Waals surface area contributed by atoms with Gasteiger partial charge in [0.05, 0.1) is 36.6 Å². The second-order valence-corrected chi connectivity index (χ2v) is 17.5. The van der Waals surface area contributed by atoms with Gasteiger partial charge in [0.25, 0.3) is 11.8 Å². The molecule has 3 N–H and O–H groups in total. The van der Waals surface area contributed by atoms with Gasteiger partial charge in [-0.1, -0.05) is 31.2 Å². The van der Waals surface area contributed by atoms with Gasteiger partial charge in [0.1, 0.15) is 23.0 Å². The minimum absolute atomic E-state index is 0.0200. The first kappa shape index (κ1) is 41.7. The zero-order valence-corrected chi connectivity index (χ0v) is 34.9. The number of carbonyl (C=O) groups is 2. The standard InChI is InChI=1S/C43H59F2N9O4/c1-27-9-8-10-31(30(27)15-19-47-37-28(2)36(46-6)38-49-24-34(54(38)51-37)39(55)50-33-13-14-35(33)57-7)32-12-11-29(23-48-32)25-52-20-16-42(43(44,45)26-52)17-21-53(22-18-42)40(56)58-41(3,4)5/h8-12,23-24,28,33,35-36,46H,13-22,25-26H2,1-7H3,(H,47,51)(H,50,55)/t28?,33-,35-,36?/m1/s1. The average Bonchev–Trinajstić information content (AvgIpc) is 3.59. The maximum absolute atomic E-state index is 15.9. The van der Waals surface area contributed by atoms with E-state index in [-0.39, 0.29) is 62.5 Å². The molecule has 1 aromatic carbocycles. The van der Waals surface area contributed by atoms with E-state index in [9.17, 15) is 9.59 Å². The number of nitrogens with zero attached hydrogens (tertiary/aromatic N) is 6. The SMILES string of the molecule is CNC1c2ncc(C(=O)N[C@@H]3CC[C@H]3OC)n2NC(=NCCc2c(C)cccc2-c2ccc(CN3CCC4(CCN(C(=O)OC(C)(C)C)CC4)C(F)(F)C3)cn2)C1C. The maximum Gasteiger partial charge on any atom is 0.410 e. The van der Waals surface area contributed by atoms with Gasteiger partial charge in [-0.3, -0.25) is 25.1 Å². The third kappa shape index (κ3) is 8.48. The van der Waals surface area contributed by atoms with Crippen molar-refractivity contribution in [1.82, 2.24) is 35.1 Å². The first-order valence-electron chi connectivity index (χ1n) is 20.6. The lowest BCUT2D eigenvalue weighted by atomic mass is 9.68. The number of methoxy groups -OCH3 is 1. The molecule has 4 atom stereocenters. The number of amidine groups is 1. The molecule has 3 fully saturated rings. The Morgan fingerprint density at radius 1 is 1.05 bits per heavy atom. The summed E-state index contributed by atoms with van der Waals surface area (Å²) in [5.41, 5.74) is 7.04. The summed E-state index contributed by atoms with van der Waals surface area (Å²) >= 11 is 0. The predicted octanol–water partition coefficient (Wildman–Crippen LogP) is 6.11. The molecule has 3 aromatic rings. The Morgan fingerprint density at radius 2 is 1.81 bits per heavy atom. The fourth-order valence-electron chi connectivity index (χ4n) is 8.95. The van der Waals surface area contributed by atoms with Crippen LogP contribution in [0.5, 0.6) is 0 Å². The molecule has 4 aliphatic rings. The molecule has 2 unspecified atom stereocenters. The van der Waals surface area contributed by atoms with Crippen LogP contribution in [-0.4, -0.2) is 113 Å². The first-order valence-corrected chi connectivity index (χ1v) is 20.6. The number of benzene rings is 1. The lowest BCUT2D eigenvalue weighted by Crippen LogP contribution is -2.59. The summed E-state index contributed by atoms with van der Waals surface area (Å²) in [6.45, 7) is 11.3. The van der Waals surface area contributed by atoms with Gasteiger partial charge in [-0.15, -0.1) is 0 Å². The zero-order valence-electron chi connectivity index (χ0n) is 34.9. The number of halogens is 2. The van der Waals surface area contributed by atoms with E-state index in [1.807, 2.05) is 50.9 Å². The second kappa shape index (κ2) is 16.6. The highest BCUT2D eigenvalue weighted by molar-refractivity contribution is 5.97. The maximum atomic E-state index is 15.9. The molecule has 0 radical (unpaired) electrons. The lowest BCUT2D eigenvalue weighted by molar-refractivity contribution is -0.187. The number of hydrogen-bond acceptors (Lipinski definition) is 9. The number of rotatable bonds is 10. The van der Waals surface area contributed by atoms with E-state index in [4.69, 9.17) is 19.5 Å². The van der Waals surface area contributed by atoms with Crippen LogP contribution in [0.25, 0.3) is 11.3 Å². The minimum Gasteiger partial charge on any atom is -0.444 e. The number of carbonyl (C=O) groups excluding carboxylic acids is 2. The van der Waals surface area contributed by atoms with Crippen molar-refractivity contribution >= 4 is 17.8 Å². The summed E-state index contributed by atoms with van der Waals surface area (Å²) in [7, 11) is 3.55. The van der Waals surface area contributed by atoms with Crippen LogP contribution < -0.4 is 16.1 Å². The van der Waals surface area contributed by atoms with Crippen molar-refractivity contribution in [3.63, 3.8) is 0 Å². The van der Waals surface area contributed by atoms with Gasteiger partial charge >= 0.3 is 6.09 Å². The molecule has 2 saturated heterocycles. The van der Waals surface area contributed by atoms with E-state index in [1.165, 1.54) is 0 Å². The van der Waals surface area contributed by atoms with Gasteiger partial charge in [-0.2, -0.15) is 0 Å². The molecule has 1 aliphatic carbocycles. The molecule has 13 nitrogen and oxygen atoms in total. The molecule has 58 heavy (non-hydrogen) atoms. The van der Waals surface area contributed by atoms with Crippen LogP contribution in [0.15, 0.2) is 47.7 Å². The number of alkyl halides is 2. The number of pyridine rings is 1. The van der Waals surface area contributed by atoms with Crippen molar-refractivity contribution in [3.8, 4) is 11.3 Å². The third-order valence-corrected chi connectivity index (χ3v) is 12.6. The molecule has 3 aliphatic heterocycles. The average molecular weight is 804 g/mol. The monoisotopic (exact) mass is 803 g/mol. The first-order chi connectivity index (χ1) is 27.6. The fraction of sp³-hybridized carbons (Fsp3) is 0.605. The summed E-state index contributed by atoms with van der Waals surface area (Å²) in [5.74, 6) is -1.62. The Labute approximate surface area is 340 Å². The number of aryl methyl sites for hydroxylation is 1. The van der Waals surface area contributed by atoms with Crippen LogP contribution in [0.3, 0.4) is 0 Å². The molecule has 15 heteroatoms. The van der Waals surface area contributed by atoms with Crippen molar-refractivity contribution < 1.29 is 27.8 Å². The molecule has 1 saturated carbocycles. The topological polar surface area (TPSA) is 138 Å². The fourth-order valence-corrected chi connectivity index (χ4v) is 8.95. The van der Waals surface area contributed by atoms with Crippen molar-refractivity contribution in [2.45, 2.75) is 109 Å². The smallest absolute Gasteiger partial charge is 0.410 e. The van der Waals surface area contributed by atoms with Gasteiger partial charge in [0, 0.05) is 56.4 Å². The van der Waals surface area contributed by atoms with Gasteiger partial charge in [0.15, 0.2) is 0 Å². The highest BCUT2D eigenvalue weighted by Gasteiger charge is 2.57. The van der Waals surface area contributed by atoms with Crippen molar-refractivity contribution in [1.29, 1.82) is 0 Å². The Morgan fingerprint density at radius 3 is 2.45 bits per heavy atom. The molecule has 314 valence electrons. The largest absolute Gasteiger partial charge is 0.444 e. The number of hydrogen-bond donors (Lipinski definition) is 3. The van der Waals surface area contributed by atoms with E-state index in [2.05, 4.69) is 47.0 Å². The number of likely N-dealkylation sites (tertiary alicyclic amines) is 2. The minimum atomic E-state index is -2.88. The number of fused-ring (bicyclic) bond motifs is 1. The molecule has 2 aromatic heterocycles. The Hall–Kier alpha value is -4.47. The lowest BCUT2D eigenvalue weighted by Gasteiger charge is -2.51. The van der Waals surface area contributed by atoms with E-state index in [1.54, 1.807) is 29.1 Å². The van der Waals surface area contributed by atoms with E-state index in [0.29, 0.717) is 38.2 Å². The van der Waals surface area contributed by atoms with Crippen molar-refractivity contribution in [2.24, 2.45) is 16.3 Å². The zero-order chi connectivity index (χ0) is 41.4. The van der Waals surface area contributed by atoms with Crippen LogP contribution in [0.1, 0.15) is 98.8 Å². The molecule has 2 amide bonds. The summed E-state index contributed by atoms with van der Waals surface area (Å²) in [4.78, 5) is 43.7. The van der Waals surface area contributed by atoms with E-state index < -0.39 is 23.0 Å². The number of ether oxygens (including phenoxy) is 2. The van der Waals surface area contributed by atoms with Crippen molar-refractivity contribution in [3.05, 3.63) is 70.9 Å². The number of aliphatic imine (C=N–C) groups is 1. The van der Waals surface area contributed by atoms with Gasteiger partial charge < -0.3 is 25.0 Å². The molecule has 0 bridgehead atoms. The number of nitrogens with one attached hydrogen (secondary N) is 3. The summed E-state index contributed by atoms with van der Waals surface area (Å²) in [5, 5.41) is 6.45. The van der Waals surface area contributed by atoms with Crippen molar-refractivity contribution in [2.75, 3.05) is 52.3 Å². The Kier molecular flexibility index (Phi) is 12.0. The number of amides is 2. The normalized spacial score (nSPS) is 24.8. The summed E-state index contributed by atoms with van der Waals surface area (Å²) in [6.07, 6.45) is 6.37.